The molecule has 3 aromatic heterocycles. The molecule has 9 aromatic rings. The summed E-state index contributed by atoms with van der Waals surface area (Å²) < 4.78 is 8.52. The Balaban J connectivity index is 1.36. The van der Waals surface area contributed by atoms with Gasteiger partial charge in [-0.25, -0.2) is 4.98 Å². The molecule has 0 spiro atoms. The fourth-order valence-electron chi connectivity index (χ4n) is 6.50. The fraction of sp³-hybridized carbons (Fsp3) is 0. The van der Waals surface area contributed by atoms with Gasteiger partial charge in [-0.05, 0) is 53.9 Å². The number of para-hydroxylation sites is 4. The van der Waals surface area contributed by atoms with Crippen LogP contribution < -0.4 is 4.90 Å². The number of fused-ring (bicyclic) bond motifs is 7. The maximum atomic E-state index is 6.12. The number of pyridine rings is 1. The number of anilines is 3. The predicted octanol–water partition coefficient (Wildman–Crippen LogP) is 10.7. The first-order valence-corrected chi connectivity index (χ1v) is 14.5. The van der Waals surface area contributed by atoms with Crippen LogP contribution in [0.1, 0.15) is 0 Å². The van der Waals surface area contributed by atoms with Crippen molar-refractivity contribution in [3.05, 3.63) is 152 Å². The van der Waals surface area contributed by atoms with Crippen LogP contribution >= 0.6 is 0 Å². The summed E-state index contributed by atoms with van der Waals surface area (Å²) in [6.07, 6.45) is 1.84. The first kappa shape index (κ1) is 23.8. The molecule has 0 amide bonds. The van der Waals surface area contributed by atoms with Crippen molar-refractivity contribution in [2.75, 3.05) is 4.90 Å². The van der Waals surface area contributed by atoms with Gasteiger partial charge in [0.15, 0.2) is 5.58 Å². The van der Waals surface area contributed by atoms with Crippen molar-refractivity contribution in [2.24, 2.45) is 0 Å². The lowest BCUT2D eigenvalue weighted by molar-refractivity contribution is 0.667. The van der Waals surface area contributed by atoms with E-state index in [1.807, 2.05) is 30.5 Å². The van der Waals surface area contributed by atoms with Gasteiger partial charge in [-0.3, -0.25) is 4.90 Å². The summed E-state index contributed by atoms with van der Waals surface area (Å²) in [7, 11) is 0. The van der Waals surface area contributed by atoms with E-state index in [1.54, 1.807) is 0 Å². The Bertz CT molecular complexity index is 2420. The molecule has 0 atom stereocenters. The van der Waals surface area contributed by atoms with Crippen LogP contribution in [0.25, 0.3) is 60.2 Å². The standard InChI is InChI=1S/C39H25N3O/c1-2-13-27(14-3-1)41(39-24-33-32-18-8-11-21-37(32)43-38(33)25-40-39)28-22-26-12-4-5-15-29(26)36(23-28)42-34-19-9-6-16-30(34)31-17-7-10-20-35(31)42/h1-25H. The molecule has 43 heavy (non-hydrogen) atoms. The Morgan fingerprint density at radius 3 is 1.88 bits per heavy atom. The molecule has 0 bridgehead atoms. The highest BCUT2D eigenvalue weighted by Crippen LogP contribution is 2.41. The maximum absolute atomic E-state index is 6.12. The minimum atomic E-state index is 0.780. The van der Waals surface area contributed by atoms with Gasteiger partial charge < -0.3 is 8.98 Å². The van der Waals surface area contributed by atoms with Crippen molar-refractivity contribution in [3.63, 3.8) is 0 Å². The number of hydrogen-bond acceptors (Lipinski definition) is 3. The number of benzene rings is 6. The number of furan rings is 1. The van der Waals surface area contributed by atoms with Crippen LogP contribution in [0.5, 0.6) is 0 Å². The van der Waals surface area contributed by atoms with Crippen molar-refractivity contribution >= 4 is 71.7 Å². The quantitative estimate of drug-likeness (QED) is 0.218. The third kappa shape index (κ3) is 3.67. The Kier molecular flexibility index (Phi) is 5.16. The molecule has 0 radical (unpaired) electrons. The first-order valence-electron chi connectivity index (χ1n) is 14.5. The highest BCUT2D eigenvalue weighted by Gasteiger charge is 2.20. The highest BCUT2D eigenvalue weighted by atomic mass is 16.3. The smallest absolute Gasteiger partial charge is 0.153 e. The van der Waals surface area contributed by atoms with Crippen molar-refractivity contribution in [1.82, 2.24) is 9.55 Å². The average Bonchev–Trinajstić information content (AvgIpc) is 3.61. The second kappa shape index (κ2) is 9.33. The van der Waals surface area contributed by atoms with E-state index < -0.39 is 0 Å². The molecule has 0 aliphatic carbocycles. The van der Waals surface area contributed by atoms with Crippen LogP contribution in [0.15, 0.2) is 156 Å². The molecular weight excluding hydrogens is 526 g/mol. The zero-order valence-corrected chi connectivity index (χ0v) is 23.2. The predicted molar refractivity (Wildman–Crippen MR) is 178 cm³/mol. The summed E-state index contributed by atoms with van der Waals surface area (Å²) in [6.45, 7) is 0. The molecule has 9 rings (SSSR count). The summed E-state index contributed by atoms with van der Waals surface area (Å²) in [4.78, 5) is 7.19. The molecule has 6 aromatic carbocycles. The summed E-state index contributed by atoms with van der Waals surface area (Å²) in [5.74, 6) is 0.828. The third-order valence-corrected chi connectivity index (χ3v) is 8.40. The SMILES string of the molecule is c1ccc(N(c2cc(-n3c4ccccc4c4ccccc43)c3ccccc3c2)c2cc3c(cn2)oc2ccccc23)cc1. The van der Waals surface area contributed by atoms with Crippen molar-refractivity contribution in [1.29, 1.82) is 0 Å². The van der Waals surface area contributed by atoms with Gasteiger partial charge in [-0.2, -0.15) is 0 Å². The van der Waals surface area contributed by atoms with E-state index in [0.717, 1.165) is 50.2 Å². The third-order valence-electron chi connectivity index (χ3n) is 8.40. The van der Waals surface area contributed by atoms with Gasteiger partial charge in [0.25, 0.3) is 0 Å². The van der Waals surface area contributed by atoms with Gasteiger partial charge in [0.1, 0.15) is 11.4 Å². The van der Waals surface area contributed by atoms with Gasteiger partial charge in [0, 0.05) is 32.6 Å². The van der Waals surface area contributed by atoms with Crippen LogP contribution in [0.4, 0.5) is 17.2 Å². The number of hydrogen-bond donors (Lipinski definition) is 0. The molecule has 3 heterocycles. The summed E-state index contributed by atoms with van der Waals surface area (Å²) in [5.41, 5.74) is 7.20. The van der Waals surface area contributed by atoms with E-state index in [4.69, 9.17) is 9.40 Å². The van der Waals surface area contributed by atoms with E-state index in [2.05, 4.69) is 131 Å². The van der Waals surface area contributed by atoms with Gasteiger partial charge in [-0.15, -0.1) is 0 Å². The highest BCUT2D eigenvalue weighted by molar-refractivity contribution is 6.11. The molecule has 4 nitrogen and oxygen atoms in total. The lowest BCUT2D eigenvalue weighted by atomic mass is 10.1. The zero-order valence-electron chi connectivity index (χ0n) is 23.2. The lowest BCUT2D eigenvalue weighted by Gasteiger charge is -2.26. The van der Waals surface area contributed by atoms with E-state index >= 15 is 0 Å². The van der Waals surface area contributed by atoms with Crippen LogP contribution in [0.3, 0.4) is 0 Å². The number of nitrogens with zero attached hydrogens (tertiary/aromatic N) is 3. The Morgan fingerprint density at radius 2 is 1.12 bits per heavy atom. The van der Waals surface area contributed by atoms with E-state index in [9.17, 15) is 0 Å². The molecular formula is C39H25N3O. The van der Waals surface area contributed by atoms with Gasteiger partial charge in [0.05, 0.1) is 28.6 Å². The summed E-state index contributed by atoms with van der Waals surface area (Å²) in [5, 5.41) is 6.96. The minimum absolute atomic E-state index is 0.780. The molecule has 0 fully saturated rings. The summed E-state index contributed by atoms with van der Waals surface area (Å²) >= 11 is 0. The molecule has 0 unspecified atom stereocenters. The zero-order chi connectivity index (χ0) is 28.3. The van der Waals surface area contributed by atoms with E-state index in [0.29, 0.717) is 0 Å². The van der Waals surface area contributed by atoms with Crippen LogP contribution in [-0.4, -0.2) is 9.55 Å². The average molecular weight is 552 g/mol. The summed E-state index contributed by atoms with van der Waals surface area (Å²) in [6, 6.07) is 51.3. The Morgan fingerprint density at radius 1 is 0.488 bits per heavy atom. The molecule has 0 saturated heterocycles. The molecule has 4 heteroatoms. The van der Waals surface area contributed by atoms with E-state index in [-0.39, 0.29) is 0 Å². The largest absolute Gasteiger partial charge is 0.454 e. The second-order valence-corrected chi connectivity index (χ2v) is 10.9. The Hall–Kier alpha value is -5.87. The second-order valence-electron chi connectivity index (χ2n) is 10.9. The topological polar surface area (TPSA) is 34.2 Å². The van der Waals surface area contributed by atoms with Gasteiger partial charge in [0.2, 0.25) is 0 Å². The van der Waals surface area contributed by atoms with E-state index in [1.165, 1.54) is 27.2 Å². The van der Waals surface area contributed by atoms with Crippen molar-refractivity contribution in [3.8, 4) is 5.69 Å². The minimum Gasteiger partial charge on any atom is -0.454 e. The maximum Gasteiger partial charge on any atom is 0.153 e. The normalized spacial score (nSPS) is 11.7. The van der Waals surface area contributed by atoms with Crippen molar-refractivity contribution in [2.45, 2.75) is 0 Å². The fourth-order valence-corrected chi connectivity index (χ4v) is 6.50. The molecule has 202 valence electrons. The van der Waals surface area contributed by atoms with Crippen molar-refractivity contribution < 1.29 is 4.42 Å². The Labute approximate surface area is 247 Å². The molecule has 0 N–H and O–H groups in total. The lowest BCUT2D eigenvalue weighted by Crippen LogP contribution is -2.12. The molecule has 0 aliphatic rings. The molecule has 0 aliphatic heterocycles. The monoisotopic (exact) mass is 551 g/mol. The van der Waals surface area contributed by atoms with Crippen LogP contribution in [-0.2, 0) is 0 Å². The molecule has 0 saturated carbocycles. The number of rotatable bonds is 4. The van der Waals surface area contributed by atoms with Gasteiger partial charge >= 0.3 is 0 Å². The van der Waals surface area contributed by atoms with Gasteiger partial charge in [-0.1, -0.05) is 97.1 Å². The number of aromatic nitrogens is 2. The first-order chi connectivity index (χ1) is 21.3. The van der Waals surface area contributed by atoms with Crippen LogP contribution in [0, 0.1) is 0 Å². The van der Waals surface area contributed by atoms with Crippen LogP contribution in [0.2, 0.25) is 0 Å².